The second-order valence-electron chi connectivity index (χ2n) is 8.62. The minimum atomic E-state index is -0.199. The van der Waals surface area contributed by atoms with Gasteiger partial charge in [-0.25, -0.2) is 0 Å². The lowest BCUT2D eigenvalue weighted by Gasteiger charge is -2.39. The lowest BCUT2D eigenvalue weighted by molar-refractivity contribution is 0.0201. The maximum atomic E-state index is 10.7. The third-order valence-electron chi connectivity index (χ3n) is 6.44. The van der Waals surface area contributed by atoms with E-state index in [1.165, 1.54) is 25.8 Å². The van der Waals surface area contributed by atoms with Crippen LogP contribution in [0, 0.1) is 11.8 Å². The molecule has 3 unspecified atom stereocenters. The van der Waals surface area contributed by atoms with Crippen LogP contribution in [0.2, 0.25) is 0 Å². The van der Waals surface area contributed by atoms with Gasteiger partial charge in [0.1, 0.15) is 0 Å². The van der Waals surface area contributed by atoms with Crippen molar-refractivity contribution in [2.75, 3.05) is 26.2 Å². The summed E-state index contributed by atoms with van der Waals surface area (Å²) in [5, 5.41) is 20.5. The zero-order chi connectivity index (χ0) is 17.7. The van der Waals surface area contributed by atoms with Gasteiger partial charge >= 0.3 is 0 Å². The van der Waals surface area contributed by atoms with Gasteiger partial charge in [-0.2, -0.15) is 0 Å². The summed E-state index contributed by atoms with van der Waals surface area (Å²) in [6.45, 7) is 13.1. The summed E-state index contributed by atoms with van der Waals surface area (Å²) in [7, 11) is 0. The molecule has 0 aromatic carbocycles. The summed E-state index contributed by atoms with van der Waals surface area (Å²) in [5.74, 6) is 0.865. The number of nitrogens with zero attached hydrogens (tertiary/aromatic N) is 2. The van der Waals surface area contributed by atoms with Gasteiger partial charge in [-0.15, -0.1) is 0 Å². The number of hydrogen-bond donors (Lipinski definition) is 2. The first-order valence-electron chi connectivity index (χ1n) is 10.2. The molecule has 4 nitrogen and oxygen atoms in total. The summed E-state index contributed by atoms with van der Waals surface area (Å²) in [5.41, 5.74) is 0. The third-order valence-corrected chi connectivity index (χ3v) is 6.44. The van der Waals surface area contributed by atoms with Crippen molar-refractivity contribution >= 4 is 0 Å². The van der Waals surface area contributed by atoms with Crippen molar-refractivity contribution in [3.63, 3.8) is 0 Å². The number of rotatable bonds is 7. The number of likely N-dealkylation sites (tertiary alicyclic amines) is 2. The van der Waals surface area contributed by atoms with E-state index in [4.69, 9.17) is 0 Å². The van der Waals surface area contributed by atoms with Crippen molar-refractivity contribution in [3.05, 3.63) is 0 Å². The highest BCUT2D eigenvalue weighted by molar-refractivity contribution is 4.83. The van der Waals surface area contributed by atoms with E-state index in [0.717, 1.165) is 38.9 Å². The van der Waals surface area contributed by atoms with Crippen LogP contribution >= 0.6 is 0 Å². The van der Waals surface area contributed by atoms with Gasteiger partial charge in [-0.1, -0.05) is 0 Å². The Labute approximate surface area is 149 Å². The van der Waals surface area contributed by atoms with E-state index in [1.54, 1.807) is 0 Å². The maximum absolute atomic E-state index is 10.7. The quantitative estimate of drug-likeness (QED) is 0.748. The highest BCUT2D eigenvalue weighted by atomic mass is 16.3. The van der Waals surface area contributed by atoms with E-state index in [1.807, 2.05) is 6.92 Å². The van der Waals surface area contributed by atoms with Crippen molar-refractivity contribution in [1.29, 1.82) is 0 Å². The lowest BCUT2D eigenvalue weighted by atomic mass is 9.88. The molecule has 0 aromatic heterocycles. The molecule has 2 aliphatic heterocycles. The van der Waals surface area contributed by atoms with Crippen molar-refractivity contribution < 1.29 is 10.2 Å². The van der Waals surface area contributed by atoms with Crippen LogP contribution in [0.15, 0.2) is 0 Å². The molecule has 2 N–H and O–H groups in total. The van der Waals surface area contributed by atoms with Crippen LogP contribution in [0.3, 0.4) is 0 Å². The Bertz CT molecular complexity index is 328. The van der Waals surface area contributed by atoms with Crippen LogP contribution in [0.4, 0.5) is 0 Å². The summed E-state index contributed by atoms with van der Waals surface area (Å²) in [6, 6.07) is 1.09. The van der Waals surface area contributed by atoms with E-state index in [0.29, 0.717) is 23.9 Å². The predicted molar refractivity (Wildman–Crippen MR) is 100 cm³/mol. The number of aliphatic hydroxyl groups excluding tert-OH is 2. The first kappa shape index (κ1) is 20.2. The van der Waals surface area contributed by atoms with E-state index in [9.17, 15) is 10.2 Å². The molecule has 2 rings (SSSR count). The second kappa shape index (κ2) is 9.51. The maximum Gasteiger partial charge on any atom is 0.0581 e. The summed E-state index contributed by atoms with van der Waals surface area (Å²) in [4.78, 5) is 5.04. The Morgan fingerprint density at radius 2 is 1.42 bits per heavy atom. The summed E-state index contributed by atoms with van der Waals surface area (Å²) in [6.07, 6.45) is 6.34. The Balaban J connectivity index is 1.75. The number of aliphatic hydroxyl groups is 2. The molecule has 4 heteroatoms. The fourth-order valence-electron chi connectivity index (χ4n) is 4.49. The van der Waals surface area contributed by atoms with Crippen molar-refractivity contribution in [1.82, 2.24) is 9.80 Å². The van der Waals surface area contributed by atoms with Crippen LogP contribution in [0.5, 0.6) is 0 Å². The fraction of sp³-hybridized carbons (Fsp3) is 1.00. The van der Waals surface area contributed by atoms with Gasteiger partial charge in [0.2, 0.25) is 0 Å². The normalized spacial score (nSPS) is 31.1. The van der Waals surface area contributed by atoms with Crippen LogP contribution in [-0.2, 0) is 0 Å². The molecule has 2 heterocycles. The third kappa shape index (κ3) is 5.69. The molecule has 0 bridgehead atoms. The minimum absolute atomic E-state index is 0.161. The van der Waals surface area contributed by atoms with Crippen molar-refractivity contribution in [2.24, 2.45) is 11.8 Å². The van der Waals surface area contributed by atoms with E-state index in [-0.39, 0.29) is 12.2 Å². The Kier molecular flexibility index (Phi) is 7.99. The molecule has 0 saturated carbocycles. The van der Waals surface area contributed by atoms with Crippen molar-refractivity contribution in [2.45, 2.75) is 90.5 Å². The second-order valence-corrected chi connectivity index (χ2v) is 8.62. The van der Waals surface area contributed by atoms with Crippen LogP contribution < -0.4 is 0 Å². The van der Waals surface area contributed by atoms with Gasteiger partial charge in [0.25, 0.3) is 0 Å². The first-order valence-corrected chi connectivity index (χ1v) is 10.2. The van der Waals surface area contributed by atoms with Gasteiger partial charge in [0.05, 0.1) is 12.2 Å². The Morgan fingerprint density at radius 1 is 0.833 bits per heavy atom. The predicted octanol–water partition coefficient (Wildman–Crippen LogP) is 2.73. The summed E-state index contributed by atoms with van der Waals surface area (Å²) >= 11 is 0. The monoisotopic (exact) mass is 340 g/mol. The molecule has 0 aliphatic carbocycles. The topological polar surface area (TPSA) is 46.9 Å². The highest BCUT2D eigenvalue weighted by Crippen LogP contribution is 2.26. The average Bonchev–Trinajstić information content (AvgIpc) is 2.59. The van der Waals surface area contributed by atoms with E-state index >= 15 is 0 Å². The van der Waals surface area contributed by atoms with Crippen LogP contribution in [0.1, 0.15) is 66.2 Å². The van der Waals surface area contributed by atoms with Crippen molar-refractivity contribution in [3.8, 4) is 0 Å². The van der Waals surface area contributed by atoms with E-state index < -0.39 is 0 Å². The molecular formula is C20H40N2O2. The number of hydrogen-bond acceptors (Lipinski definition) is 4. The molecule has 142 valence electrons. The zero-order valence-corrected chi connectivity index (χ0v) is 16.3. The molecule has 5 atom stereocenters. The molecule has 0 amide bonds. The smallest absolute Gasteiger partial charge is 0.0581 e. The molecule has 24 heavy (non-hydrogen) atoms. The van der Waals surface area contributed by atoms with Crippen LogP contribution in [-0.4, -0.2) is 70.5 Å². The molecule has 2 fully saturated rings. The molecule has 2 saturated heterocycles. The minimum Gasteiger partial charge on any atom is -0.393 e. The Hall–Kier alpha value is -0.160. The highest BCUT2D eigenvalue weighted by Gasteiger charge is 2.29. The number of piperidine rings is 2. The Morgan fingerprint density at radius 3 is 2.04 bits per heavy atom. The average molecular weight is 341 g/mol. The fourth-order valence-corrected chi connectivity index (χ4v) is 4.49. The lowest BCUT2D eigenvalue weighted by Crippen LogP contribution is -2.45. The zero-order valence-electron chi connectivity index (χ0n) is 16.3. The van der Waals surface area contributed by atoms with Gasteiger partial charge in [-0.3, -0.25) is 0 Å². The molecule has 0 spiro atoms. The van der Waals surface area contributed by atoms with Gasteiger partial charge in [-0.05, 0) is 91.1 Å². The van der Waals surface area contributed by atoms with Crippen LogP contribution in [0.25, 0.3) is 0 Å². The molecule has 0 radical (unpaired) electrons. The van der Waals surface area contributed by atoms with Gasteiger partial charge in [0.15, 0.2) is 0 Å². The molecule has 2 aliphatic rings. The first-order chi connectivity index (χ1) is 11.4. The SMILES string of the molecule is CC(O)C1CCCN(C(C)CC[C@H](O)[C@H]2CCCN(C(C)C)C2)C1. The standard InChI is InChI=1S/C20H40N2O2/c1-15(2)21-11-6-8-19(14-21)20(24)10-9-16(3)22-12-5-7-18(13-22)17(4)23/h15-20,23-24H,5-14H2,1-4H3/t16?,17?,18?,19-,20-/m0/s1. The van der Waals surface area contributed by atoms with Gasteiger partial charge in [0, 0.05) is 25.2 Å². The summed E-state index contributed by atoms with van der Waals surface area (Å²) < 4.78 is 0. The van der Waals surface area contributed by atoms with Gasteiger partial charge < -0.3 is 20.0 Å². The largest absolute Gasteiger partial charge is 0.393 e. The van der Waals surface area contributed by atoms with E-state index in [2.05, 4.69) is 30.6 Å². The molecule has 0 aromatic rings. The molecular weight excluding hydrogens is 300 g/mol.